The summed E-state index contributed by atoms with van der Waals surface area (Å²) >= 11 is 1.38. The van der Waals surface area contributed by atoms with Gasteiger partial charge in [-0.25, -0.2) is 4.39 Å². The molecule has 1 aromatic heterocycles. The topological polar surface area (TPSA) is 9.23 Å². The molecule has 0 aliphatic heterocycles. The lowest BCUT2D eigenvalue weighted by Gasteiger charge is -2.36. The second-order valence-corrected chi connectivity index (χ2v) is 11.5. The van der Waals surface area contributed by atoms with E-state index in [-0.39, 0.29) is 10.9 Å². The van der Waals surface area contributed by atoms with E-state index in [0.717, 1.165) is 10.5 Å². The van der Waals surface area contributed by atoms with Gasteiger partial charge in [-0.2, -0.15) is 0 Å². The molecule has 1 aromatic rings. The van der Waals surface area contributed by atoms with E-state index in [0.29, 0.717) is 6.61 Å². The van der Waals surface area contributed by atoms with Crippen LogP contribution in [0.15, 0.2) is 18.0 Å². The molecule has 0 N–H and O–H groups in total. The molecule has 0 amide bonds. The Morgan fingerprint density at radius 2 is 2.06 bits per heavy atom. The molecule has 4 heteroatoms. The van der Waals surface area contributed by atoms with Crippen molar-refractivity contribution in [3.8, 4) is 0 Å². The molecule has 0 aromatic carbocycles. The lowest BCUT2D eigenvalue weighted by molar-refractivity contribution is 0.334. The van der Waals surface area contributed by atoms with Gasteiger partial charge in [0.25, 0.3) is 0 Å². The molecule has 1 nitrogen and oxygen atoms in total. The van der Waals surface area contributed by atoms with Crippen molar-refractivity contribution in [3.63, 3.8) is 0 Å². The summed E-state index contributed by atoms with van der Waals surface area (Å²) in [6.45, 7) is 15.5. The van der Waals surface area contributed by atoms with Crippen molar-refractivity contribution in [2.24, 2.45) is 0 Å². The highest BCUT2D eigenvalue weighted by molar-refractivity contribution is 7.11. The minimum Gasteiger partial charge on any atom is -0.413 e. The monoisotopic (exact) mass is 272 g/mol. The predicted octanol–water partition coefficient (Wildman–Crippen LogP) is 4.92. The van der Waals surface area contributed by atoms with E-state index in [2.05, 4.69) is 40.4 Å². The smallest absolute Gasteiger partial charge is 0.192 e. The molecular weight excluding hydrogens is 251 g/mol. The summed E-state index contributed by atoms with van der Waals surface area (Å²) < 4.78 is 18.9. The lowest BCUT2D eigenvalue weighted by Crippen LogP contribution is -2.41. The number of hydrogen-bond acceptors (Lipinski definition) is 2. The molecule has 0 aliphatic rings. The second-order valence-electron chi connectivity index (χ2n) is 5.78. The molecule has 0 saturated carbocycles. The van der Waals surface area contributed by atoms with Gasteiger partial charge in [0.15, 0.2) is 8.32 Å². The van der Waals surface area contributed by atoms with E-state index in [1.165, 1.54) is 22.8 Å². The molecule has 17 heavy (non-hydrogen) atoms. The summed E-state index contributed by atoms with van der Waals surface area (Å²) in [6.07, 6.45) is 0. The van der Waals surface area contributed by atoms with Gasteiger partial charge in [0.1, 0.15) is 5.82 Å². The average Bonchev–Trinajstić information content (AvgIpc) is 2.59. The minimum absolute atomic E-state index is 0.188. The van der Waals surface area contributed by atoms with Gasteiger partial charge < -0.3 is 4.43 Å². The Bertz CT molecular complexity index is 404. The highest BCUT2D eigenvalue weighted by Crippen LogP contribution is 2.37. The fourth-order valence-corrected chi connectivity index (χ4v) is 2.74. The van der Waals surface area contributed by atoms with E-state index in [4.69, 9.17) is 4.43 Å². The predicted molar refractivity (Wildman–Crippen MR) is 76.5 cm³/mol. The standard InChI is InChI=1S/C13H21FOSSi/c1-10(12-7-11(14)9-16-12)8-15-17(5,6)13(2,3)4/h7,9H,1,8H2,2-6H3. The third kappa shape index (κ3) is 3.76. The molecule has 0 saturated heterocycles. The van der Waals surface area contributed by atoms with Gasteiger partial charge in [-0.05, 0) is 29.8 Å². The molecule has 0 spiro atoms. The molecule has 0 atom stereocenters. The molecule has 0 aliphatic carbocycles. The number of thiophene rings is 1. The zero-order valence-electron chi connectivity index (χ0n) is 11.3. The Labute approximate surface area is 108 Å². The first-order valence-electron chi connectivity index (χ1n) is 5.69. The van der Waals surface area contributed by atoms with Crippen LogP contribution in [0, 0.1) is 5.82 Å². The van der Waals surface area contributed by atoms with Gasteiger partial charge in [-0.3, -0.25) is 0 Å². The molecule has 0 unspecified atom stereocenters. The van der Waals surface area contributed by atoms with Gasteiger partial charge in [0, 0.05) is 10.3 Å². The zero-order valence-corrected chi connectivity index (χ0v) is 13.1. The number of rotatable bonds is 4. The van der Waals surface area contributed by atoms with E-state index in [1.54, 1.807) is 0 Å². The van der Waals surface area contributed by atoms with Crippen LogP contribution in [-0.4, -0.2) is 14.9 Å². The van der Waals surface area contributed by atoms with Crippen molar-refractivity contribution < 1.29 is 8.82 Å². The summed E-state index contributed by atoms with van der Waals surface area (Å²) in [5, 5.41) is 1.68. The van der Waals surface area contributed by atoms with Gasteiger partial charge in [-0.1, -0.05) is 27.4 Å². The first kappa shape index (κ1) is 14.6. The maximum Gasteiger partial charge on any atom is 0.192 e. The van der Waals surface area contributed by atoms with Crippen molar-refractivity contribution in [2.75, 3.05) is 6.61 Å². The molecule has 1 heterocycles. The van der Waals surface area contributed by atoms with Crippen LogP contribution < -0.4 is 0 Å². The van der Waals surface area contributed by atoms with Crippen LogP contribution in [0.1, 0.15) is 25.6 Å². The van der Waals surface area contributed by atoms with Gasteiger partial charge in [0.2, 0.25) is 0 Å². The molecule has 96 valence electrons. The maximum atomic E-state index is 12.9. The molecule has 0 radical (unpaired) electrons. The molecule has 0 fully saturated rings. The SMILES string of the molecule is C=C(CO[Si](C)(C)C(C)(C)C)c1cc(F)cs1. The highest BCUT2D eigenvalue weighted by atomic mass is 32.1. The van der Waals surface area contributed by atoms with Gasteiger partial charge in [0.05, 0.1) is 6.61 Å². The third-order valence-electron chi connectivity index (χ3n) is 3.33. The first-order valence-corrected chi connectivity index (χ1v) is 9.48. The summed E-state index contributed by atoms with van der Waals surface area (Å²) in [5.41, 5.74) is 0.865. The van der Waals surface area contributed by atoms with Gasteiger partial charge in [-0.15, -0.1) is 11.3 Å². The van der Waals surface area contributed by atoms with Crippen LogP contribution in [0.5, 0.6) is 0 Å². The van der Waals surface area contributed by atoms with Crippen LogP contribution in [0.3, 0.4) is 0 Å². The Morgan fingerprint density at radius 1 is 1.47 bits per heavy atom. The summed E-state index contributed by atoms with van der Waals surface area (Å²) in [7, 11) is -1.74. The van der Waals surface area contributed by atoms with E-state index >= 15 is 0 Å². The largest absolute Gasteiger partial charge is 0.413 e. The Kier molecular flexibility index (Phi) is 4.33. The molecular formula is C13H21FOSSi. The van der Waals surface area contributed by atoms with Gasteiger partial charge >= 0.3 is 0 Å². The normalized spacial score (nSPS) is 12.8. The van der Waals surface area contributed by atoms with E-state index in [9.17, 15) is 4.39 Å². The first-order chi connectivity index (χ1) is 7.63. The van der Waals surface area contributed by atoms with Crippen LogP contribution >= 0.6 is 11.3 Å². The fourth-order valence-electron chi connectivity index (χ4n) is 1.05. The number of hydrogen-bond donors (Lipinski definition) is 0. The van der Waals surface area contributed by atoms with Crippen molar-refractivity contribution in [2.45, 2.75) is 38.9 Å². The van der Waals surface area contributed by atoms with Crippen molar-refractivity contribution in [3.05, 3.63) is 28.7 Å². The van der Waals surface area contributed by atoms with Crippen molar-refractivity contribution in [1.29, 1.82) is 0 Å². The molecule has 0 bridgehead atoms. The summed E-state index contributed by atoms with van der Waals surface area (Å²) in [4.78, 5) is 0.876. The summed E-state index contributed by atoms with van der Waals surface area (Å²) in [6, 6.07) is 1.52. The lowest BCUT2D eigenvalue weighted by atomic mass is 10.2. The van der Waals surface area contributed by atoms with Crippen LogP contribution in [0.25, 0.3) is 5.57 Å². The van der Waals surface area contributed by atoms with Crippen LogP contribution in [0.4, 0.5) is 4.39 Å². The van der Waals surface area contributed by atoms with E-state index < -0.39 is 8.32 Å². The van der Waals surface area contributed by atoms with Crippen molar-refractivity contribution in [1.82, 2.24) is 0 Å². The van der Waals surface area contributed by atoms with Crippen LogP contribution in [-0.2, 0) is 4.43 Å². The number of halogens is 1. The van der Waals surface area contributed by atoms with E-state index in [1.807, 2.05) is 0 Å². The highest BCUT2D eigenvalue weighted by Gasteiger charge is 2.37. The van der Waals surface area contributed by atoms with Crippen LogP contribution in [0.2, 0.25) is 18.1 Å². The average molecular weight is 272 g/mol. The zero-order chi connectivity index (χ0) is 13.3. The Morgan fingerprint density at radius 3 is 2.47 bits per heavy atom. The Balaban J connectivity index is 2.60. The van der Waals surface area contributed by atoms with Crippen molar-refractivity contribution >= 4 is 25.2 Å². The minimum atomic E-state index is -1.74. The Hall–Kier alpha value is -0.453. The summed E-state index contributed by atoms with van der Waals surface area (Å²) in [5.74, 6) is -0.196. The fraction of sp³-hybridized carbons (Fsp3) is 0.538. The second kappa shape index (κ2) is 5.04. The third-order valence-corrected chi connectivity index (χ3v) is 8.81. The molecule has 1 rings (SSSR count). The maximum absolute atomic E-state index is 12.9. The quantitative estimate of drug-likeness (QED) is 0.707.